The molecule has 136 valence electrons. The summed E-state index contributed by atoms with van der Waals surface area (Å²) in [5.41, 5.74) is 1.32. The van der Waals surface area contributed by atoms with E-state index in [0.717, 1.165) is 4.90 Å². The number of nitrogens with zero attached hydrogens (tertiary/aromatic N) is 1. The second-order valence-electron chi connectivity index (χ2n) is 5.56. The third kappa shape index (κ3) is 3.97. The van der Waals surface area contributed by atoms with E-state index >= 15 is 0 Å². The number of nitrogens with one attached hydrogen (secondary N) is 3. The molecule has 8 nitrogen and oxygen atoms in total. The Bertz CT molecular complexity index is 800. The monoisotopic (exact) mass is 356 g/mol. The molecule has 0 spiro atoms. The van der Waals surface area contributed by atoms with Gasteiger partial charge in [0.2, 0.25) is 17.7 Å². The van der Waals surface area contributed by atoms with Crippen LogP contribution in [0.3, 0.4) is 0 Å². The Kier molecular flexibility index (Phi) is 5.90. The van der Waals surface area contributed by atoms with Crippen LogP contribution in [0, 0.1) is 5.92 Å². The number of benzene rings is 1. The fourth-order valence-corrected chi connectivity index (χ4v) is 2.55. The molecule has 1 saturated heterocycles. The summed E-state index contributed by atoms with van der Waals surface area (Å²) >= 11 is 0. The van der Waals surface area contributed by atoms with Crippen molar-refractivity contribution in [3.63, 3.8) is 0 Å². The maximum Gasteiger partial charge on any atom is 0.331 e. The van der Waals surface area contributed by atoms with E-state index in [2.05, 4.69) is 22.5 Å². The van der Waals surface area contributed by atoms with Crippen molar-refractivity contribution in [1.29, 1.82) is 0 Å². The van der Waals surface area contributed by atoms with Gasteiger partial charge < -0.3 is 10.6 Å². The van der Waals surface area contributed by atoms with Crippen LogP contribution in [-0.4, -0.2) is 35.2 Å². The molecule has 1 aliphatic heterocycles. The molecule has 0 saturated carbocycles. The van der Waals surface area contributed by atoms with E-state index in [1.54, 1.807) is 37.3 Å². The first-order valence-corrected chi connectivity index (χ1v) is 7.96. The lowest BCUT2D eigenvalue weighted by Crippen LogP contribution is -2.58. The van der Waals surface area contributed by atoms with Crippen molar-refractivity contribution >= 4 is 35.1 Å². The van der Waals surface area contributed by atoms with Gasteiger partial charge in [-0.15, -0.1) is 6.58 Å². The van der Waals surface area contributed by atoms with Gasteiger partial charge in [-0.3, -0.25) is 24.6 Å². The van der Waals surface area contributed by atoms with Gasteiger partial charge in [-0.1, -0.05) is 24.3 Å². The normalized spacial score (nSPS) is 17.6. The van der Waals surface area contributed by atoms with Gasteiger partial charge >= 0.3 is 6.03 Å². The summed E-state index contributed by atoms with van der Waals surface area (Å²) in [6, 6.07) is 6.11. The summed E-state index contributed by atoms with van der Waals surface area (Å²) in [6.07, 6.45) is 2.98. The average molecular weight is 356 g/mol. The van der Waals surface area contributed by atoms with E-state index in [0.29, 0.717) is 17.1 Å². The number of carbonyl (C=O) groups is 4. The third-order valence-corrected chi connectivity index (χ3v) is 3.70. The van der Waals surface area contributed by atoms with Gasteiger partial charge in [-0.05, 0) is 19.1 Å². The fourth-order valence-electron chi connectivity index (χ4n) is 2.55. The van der Waals surface area contributed by atoms with Crippen molar-refractivity contribution in [2.24, 2.45) is 5.92 Å². The van der Waals surface area contributed by atoms with Crippen LogP contribution in [0.5, 0.6) is 0 Å². The van der Waals surface area contributed by atoms with Crippen molar-refractivity contribution in [2.75, 3.05) is 17.2 Å². The Morgan fingerprint density at radius 3 is 2.38 bits per heavy atom. The molecule has 8 heteroatoms. The number of para-hydroxylation sites is 2. The van der Waals surface area contributed by atoms with Gasteiger partial charge in [0.1, 0.15) is 0 Å². The predicted octanol–water partition coefficient (Wildman–Crippen LogP) is 1.84. The zero-order valence-electron chi connectivity index (χ0n) is 14.5. The molecular formula is C18H20N4O4. The molecular weight excluding hydrogens is 336 g/mol. The van der Waals surface area contributed by atoms with E-state index in [9.17, 15) is 19.2 Å². The van der Waals surface area contributed by atoms with Crippen LogP contribution in [-0.2, 0) is 14.4 Å². The molecule has 26 heavy (non-hydrogen) atoms. The molecule has 3 N–H and O–H groups in total. The highest BCUT2D eigenvalue weighted by atomic mass is 16.2. The minimum Gasteiger partial charge on any atom is -0.356 e. The SMILES string of the molecule is C=CCN1C(=O)NC(=O)[C@H](/C(=C\C)Nc2ccccc2NC(C)=O)C1=O. The molecule has 0 unspecified atom stereocenters. The second-order valence-corrected chi connectivity index (χ2v) is 5.56. The predicted molar refractivity (Wildman–Crippen MR) is 97.1 cm³/mol. The largest absolute Gasteiger partial charge is 0.356 e. The van der Waals surface area contributed by atoms with Gasteiger partial charge in [-0.25, -0.2) is 4.79 Å². The number of rotatable bonds is 6. The summed E-state index contributed by atoms with van der Waals surface area (Å²) in [7, 11) is 0. The summed E-state index contributed by atoms with van der Waals surface area (Å²) in [4.78, 5) is 49.0. The molecule has 1 heterocycles. The summed E-state index contributed by atoms with van der Waals surface area (Å²) in [5, 5.41) is 7.85. The van der Waals surface area contributed by atoms with Crippen molar-refractivity contribution in [3.05, 3.63) is 48.7 Å². The fraction of sp³-hybridized carbons (Fsp3) is 0.222. The van der Waals surface area contributed by atoms with Crippen molar-refractivity contribution in [2.45, 2.75) is 13.8 Å². The molecule has 1 aromatic carbocycles. The lowest BCUT2D eigenvalue weighted by molar-refractivity contribution is -0.140. The molecule has 1 atom stereocenters. The highest BCUT2D eigenvalue weighted by Crippen LogP contribution is 2.27. The number of carbonyl (C=O) groups excluding carboxylic acids is 4. The number of allylic oxidation sites excluding steroid dienone is 1. The quantitative estimate of drug-likeness (QED) is 0.532. The molecule has 2 rings (SSSR count). The molecule has 1 aliphatic rings. The Morgan fingerprint density at radius 1 is 1.23 bits per heavy atom. The van der Waals surface area contributed by atoms with Gasteiger partial charge in [0.25, 0.3) is 0 Å². The molecule has 1 aromatic rings. The molecule has 0 aliphatic carbocycles. The number of hydrogen-bond acceptors (Lipinski definition) is 5. The smallest absolute Gasteiger partial charge is 0.331 e. The Balaban J connectivity index is 2.32. The molecule has 1 fully saturated rings. The number of amides is 5. The average Bonchev–Trinajstić information content (AvgIpc) is 2.58. The summed E-state index contributed by atoms with van der Waals surface area (Å²) < 4.78 is 0. The number of urea groups is 1. The third-order valence-electron chi connectivity index (χ3n) is 3.70. The maximum absolute atomic E-state index is 12.6. The van der Waals surface area contributed by atoms with Crippen LogP contribution in [0.4, 0.5) is 16.2 Å². The van der Waals surface area contributed by atoms with E-state index in [1.165, 1.54) is 13.0 Å². The van der Waals surface area contributed by atoms with Gasteiger partial charge in [0, 0.05) is 19.2 Å². The van der Waals surface area contributed by atoms with Crippen LogP contribution in [0.15, 0.2) is 48.7 Å². The minimum atomic E-state index is -1.21. The van der Waals surface area contributed by atoms with Crippen LogP contribution in [0.1, 0.15) is 13.8 Å². The number of hydrogen-bond donors (Lipinski definition) is 3. The first-order chi connectivity index (χ1) is 12.4. The number of barbiturate groups is 1. The Labute approximate surface area is 150 Å². The van der Waals surface area contributed by atoms with Crippen LogP contribution in [0.25, 0.3) is 0 Å². The zero-order chi connectivity index (χ0) is 19.3. The highest BCUT2D eigenvalue weighted by molar-refractivity contribution is 6.18. The number of anilines is 2. The first-order valence-electron chi connectivity index (χ1n) is 7.96. The summed E-state index contributed by atoms with van der Waals surface area (Å²) in [5.74, 6) is -2.81. The van der Waals surface area contributed by atoms with Crippen molar-refractivity contribution in [3.8, 4) is 0 Å². The molecule has 5 amide bonds. The lowest BCUT2D eigenvalue weighted by atomic mass is 9.99. The lowest BCUT2D eigenvalue weighted by Gasteiger charge is -2.31. The minimum absolute atomic E-state index is 0.00603. The van der Waals surface area contributed by atoms with E-state index in [-0.39, 0.29) is 12.5 Å². The zero-order valence-corrected chi connectivity index (χ0v) is 14.5. The Morgan fingerprint density at radius 2 is 1.85 bits per heavy atom. The maximum atomic E-state index is 12.6. The van der Waals surface area contributed by atoms with Gasteiger partial charge in [-0.2, -0.15) is 0 Å². The van der Waals surface area contributed by atoms with Crippen LogP contribution < -0.4 is 16.0 Å². The van der Waals surface area contributed by atoms with Crippen molar-refractivity contribution in [1.82, 2.24) is 10.2 Å². The standard InChI is InChI=1S/C18H20N4O4/c1-4-10-22-17(25)15(16(24)21-18(22)26)12(5-2)20-14-9-7-6-8-13(14)19-11(3)23/h4-9,15,20H,1,10H2,2-3H3,(H,19,23)(H,21,24,26)/b12-5+/t15-/m0/s1. The number of imide groups is 2. The van der Waals surface area contributed by atoms with E-state index in [4.69, 9.17) is 0 Å². The van der Waals surface area contributed by atoms with Crippen LogP contribution >= 0.6 is 0 Å². The second kappa shape index (κ2) is 8.11. The molecule has 0 bridgehead atoms. The highest BCUT2D eigenvalue weighted by Gasteiger charge is 2.42. The first kappa shape index (κ1) is 18.9. The molecule has 0 radical (unpaired) electrons. The van der Waals surface area contributed by atoms with E-state index in [1.807, 2.05) is 0 Å². The van der Waals surface area contributed by atoms with Gasteiger partial charge in [0.05, 0.1) is 11.4 Å². The topological polar surface area (TPSA) is 108 Å². The molecule has 0 aromatic heterocycles. The van der Waals surface area contributed by atoms with E-state index < -0.39 is 23.8 Å². The van der Waals surface area contributed by atoms with Crippen LogP contribution in [0.2, 0.25) is 0 Å². The Hall–Kier alpha value is -3.42. The van der Waals surface area contributed by atoms with Gasteiger partial charge in [0.15, 0.2) is 5.92 Å². The van der Waals surface area contributed by atoms with Crippen molar-refractivity contribution < 1.29 is 19.2 Å². The summed E-state index contributed by atoms with van der Waals surface area (Å²) in [6.45, 7) is 6.55.